The number of likely N-dealkylation sites (tertiary alicyclic amines) is 1. The number of halogens is 1. The third kappa shape index (κ3) is 6.27. The number of carbonyl (C=O) groups is 3. The summed E-state index contributed by atoms with van der Waals surface area (Å²) in [6, 6.07) is 5.85. The van der Waals surface area contributed by atoms with Gasteiger partial charge in [0.05, 0.1) is 31.0 Å². The van der Waals surface area contributed by atoms with Crippen molar-refractivity contribution >= 4 is 28.6 Å². The number of nitrogens with zero attached hydrogens (tertiary/aromatic N) is 3. The molecule has 0 bridgehead atoms. The monoisotopic (exact) mass is 499 g/mol. The van der Waals surface area contributed by atoms with Gasteiger partial charge in [-0.15, -0.1) is 0 Å². The van der Waals surface area contributed by atoms with Gasteiger partial charge in [-0.1, -0.05) is 36.0 Å². The van der Waals surface area contributed by atoms with E-state index in [1.165, 1.54) is 24.0 Å². The minimum absolute atomic E-state index is 0.0123. The molecule has 2 aromatic rings. The van der Waals surface area contributed by atoms with Gasteiger partial charge < -0.3 is 4.74 Å². The first-order chi connectivity index (χ1) is 16.9. The molecule has 0 N–H and O–H groups in total. The Labute approximate surface area is 208 Å². The number of carbonyl (C=O) groups excluding carboxylic acids is 3. The molecule has 9 heteroatoms. The number of hydrogen-bond acceptors (Lipinski definition) is 7. The maximum absolute atomic E-state index is 14.8. The predicted molar refractivity (Wildman–Crippen MR) is 131 cm³/mol. The molecule has 1 aliphatic carbocycles. The maximum atomic E-state index is 14.8. The molecule has 4 rings (SSSR count). The third-order valence-corrected chi connectivity index (χ3v) is 7.44. The molecule has 0 spiro atoms. The second-order valence-electron chi connectivity index (χ2n) is 8.91. The van der Waals surface area contributed by atoms with Gasteiger partial charge in [0, 0.05) is 42.9 Å². The Bertz CT molecular complexity index is 1130. The van der Waals surface area contributed by atoms with E-state index in [0.717, 1.165) is 18.4 Å². The first-order valence-electron chi connectivity index (χ1n) is 11.9. The molecule has 2 atom stereocenters. The predicted octanol–water partition coefficient (Wildman–Crippen LogP) is 4.20. The van der Waals surface area contributed by atoms with E-state index in [4.69, 9.17) is 4.74 Å². The van der Waals surface area contributed by atoms with Gasteiger partial charge in [-0.25, -0.2) is 9.18 Å². The molecule has 35 heavy (non-hydrogen) atoms. The standard InChI is InChI=1S/C26H30FN3O4S/c1-3-34-26(33)20-14-28-30(16-20)13-10-19-15-29(12-11-23(19)35-17(2)31)24(25(32)18-8-9-18)21-6-4-5-7-22(21)27/h4-7,10,14,16,18,23-24H,3,8-9,11-13,15H2,1-2H3/b19-10+. The molecule has 2 fully saturated rings. The zero-order valence-corrected chi connectivity index (χ0v) is 20.8. The Hall–Kier alpha value is -2.78. The molecule has 7 nitrogen and oxygen atoms in total. The summed E-state index contributed by atoms with van der Waals surface area (Å²) in [5, 5.41) is 4.24. The number of hydrogen-bond donors (Lipinski definition) is 0. The molecule has 186 valence electrons. The first-order valence-corrected chi connectivity index (χ1v) is 12.8. The Morgan fingerprint density at radius 2 is 2.03 bits per heavy atom. The van der Waals surface area contributed by atoms with Crippen LogP contribution in [-0.4, -0.2) is 56.5 Å². The van der Waals surface area contributed by atoms with Gasteiger partial charge in [0.2, 0.25) is 0 Å². The Morgan fingerprint density at radius 3 is 2.71 bits per heavy atom. The Morgan fingerprint density at radius 1 is 1.26 bits per heavy atom. The van der Waals surface area contributed by atoms with Crippen molar-refractivity contribution in [1.29, 1.82) is 0 Å². The summed E-state index contributed by atoms with van der Waals surface area (Å²) in [5.41, 5.74) is 1.78. The van der Waals surface area contributed by atoms with Crippen molar-refractivity contribution in [3.63, 3.8) is 0 Å². The molecule has 2 unspecified atom stereocenters. The van der Waals surface area contributed by atoms with Crippen LogP contribution < -0.4 is 0 Å². The molecular weight excluding hydrogens is 469 g/mol. The fourth-order valence-corrected chi connectivity index (χ4v) is 5.39. The Kier molecular flexibility index (Phi) is 8.18. The van der Waals surface area contributed by atoms with Crippen LogP contribution in [-0.2, 0) is 20.9 Å². The van der Waals surface area contributed by atoms with E-state index in [1.807, 2.05) is 11.0 Å². The normalized spacial score (nSPS) is 20.5. The fourth-order valence-electron chi connectivity index (χ4n) is 4.45. The summed E-state index contributed by atoms with van der Waals surface area (Å²) in [6.45, 7) is 5.03. The minimum atomic E-state index is -0.643. The smallest absolute Gasteiger partial charge is 0.341 e. The number of allylic oxidation sites excluding steroid dienone is 1. The SMILES string of the molecule is CCOC(=O)c1cnn(C/C=C2\CN(C(C(=O)C3CC3)c3ccccc3F)CCC2SC(C)=O)c1. The van der Waals surface area contributed by atoms with E-state index in [1.54, 1.807) is 42.9 Å². The molecule has 1 saturated carbocycles. The highest BCUT2D eigenvalue weighted by Crippen LogP contribution is 2.40. The molecular formula is C26H30FN3O4S. The Balaban J connectivity index is 1.57. The van der Waals surface area contributed by atoms with E-state index in [-0.39, 0.29) is 34.5 Å². The van der Waals surface area contributed by atoms with Crippen molar-refractivity contribution in [2.24, 2.45) is 5.92 Å². The molecule has 2 aliphatic rings. The lowest BCUT2D eigenvalue weighted by Gasteiger charge is -2.38. The van der Waals surface area contributed by atoms with E-state index < -0.39 is 12.0 Å². The lowest BCUT2D eigenvalue weighted by atomic mass is 9.93. The van der Waals surface area contributed by atoms with Crippen molar-refractivity contribution in [1.82, 2.24) is 14.7 Å². The lowest BCUT2D eigenvalue weighted by Crippen LogP contribution is -2.43. The third-order valence-electron chi connectivity index (χ3n) is 6.29. The minimum Gasteiger partial charge on any atom is -0.462 e. The van der Waals surface area contributed by atoms with E-state index >= 15 is 0 Å². The highest BCUT2D eigenvalue weighted by atomic mass is 32.2. The van der Waals surface area contributed by atoms with Gasteiger partial charge in [-0.2, -0.15) is 5.10 Å². The second-order valence-corrected chi connectivity index (χ2v) is 10.3. The summed E-state index contributed by atoms with van der Waals surface area (Å²) in [4.78, 5) is 39.2. The number of Topliss-reactive ketones (excluding diaryl/α,β-unsaturated/α-hetero) is 1. The van der Waals surface area contributed by atoms with Crippen molar-refractivity contribution < 1.29 is 23.5 Å². The topological polar surface area (TPSA) is 81.5 Å². The average Bonchev–Trinajstić information content (AvgIpc) is 3.57. The fraction of sp³-hybridized carbons (Fsp3) is 0.462. The molecule has 1 saturated heterocycles. The van der Waals surface area contributed by atoms with Crippen LogP contribution in [0.5, 0.6) is 0 Å². The van der Waals surface area contributed by atoms with E-state index in [0.29, 0.717) is 37.2 Å². The summed E-state index contributed by atoms with van der Waals surface area (Å²) >= 11 is 1.28. The van der Waals surface area contributed by atoms with Crippen LogP contribution in [0.15, 0.2) is 48.3 Å². The largest absolute Gasteiger partial charge is 0.462 e. The van der Waals surface area contributed by atoms with Gasteiger partial charge in [-0.3, -0.25) is 19.2 Å². The lowest BCUT2D eigenvalue weighted by molar-refractivity contribution is -0.126. The highest BCUT2D eigenvalue weighted by molar-refractivity contribution is 8.14. The number of ether oxygens (including phenoxy) is 1. The summed E-state index contributed by atoms with van der Waals surface area (Å²) < 4.78 is 21.4. The van der Waals surface area contributed by atoms with Crippen LogP contribution in [0.25, 0.3) is 0 Å². The van der Waals surface area contributed by atoms with Gasteiger partial charge in [-0.05, 0) is 37.8 Å². The average molecular weight is 500 g/mol. The van der Waals surface area contributed by atoms with Crippen LogP contribution in [0.4, 0.5) is 4.39 Å². The number of esters is 1. The second kappa shape index (κ2) is 11.3. The molecule has 1 aromatic carbocycles. The number of rotatable bonds is 9. The molecule has 1 aromatic heterocycles. The van der Waals surface area contributed by atoms with Crippen molar-refractivity contribution in [3.05, 3.63) is 65.3 Å². The number of ketones is 1. The number of aromatic nitrogens is 2. The van der Waals surface area contributed by atoms with Crippen molar-refractivity contribution in [2.75, 3.05) is 19.7 Å². The van der Waals surface area contributed by atoms with Gasteiger partial charge in [0.25, 0.3) is 0 Å². The first kappa shape index (κ1) is 25.3. The van der Waals surface area contributed by atoms with Crippen molar-refractivity contribution in [2.45, 2.75) is 50.9 Å². The zero-order valence-electron chi connectivity index (χ0n) is 20.0. The van der Waals surface area contributed by atoms with Crippen LogP contribution in [0.3, 0.4) is 0 Å². The van der Waals surface area contributed by atoms with Crippen LogP contribution in [0, 0.1) is 11.7 Å². The molecule has 0 amide bonds. The van der Waals surface area contributed by atoms with Crippen LogP contribution >= 0.6 is 11.8 Å². The van der Waals surface area contributed by atoms with Gasteiger partial charge in [0.15, 0.2) is 10.9 Å². The number of thioether (sulfide) groups is 1. The van der Waals surface area contributed by atoms with Crippen LogP contribution in [0.2, 0.25) is 0 Å². The molecule has 0 radical (unpaired) electrons. The number of piperidine rings is 1. The summed E-state index contributed by atoms with van der Waals surface area (Å²) in [6.07, 6.45) is 7.47. The zero-order chi connectivity index (χ0) is 24.9. The van der Waals surface area contributed by atoms with Gasteiger partial charge >= 0.3 is 5.97 Å². The van der Waals surface area contributed by atoms with Crippen molar-refractivity contribution in [3.8, 4) is 0 Å². The van der Waals surface area contributed by atoms with E-state index in [9.17, 15) is 18.8 Å². The van der Waals surface area contributed by atoms with Gasteiger partial charge in [0.1, 0.15) is 5.82 Å². The summed E-state index contributed by atoms with van der Waals surface area (Å²) in [7, 11) is 0. The maximum Gasteiger partial charge on any atom is 0.341 e. The highest BCUT2D eigenvalue weighted by Gasteiger charge is 2.41. The van der Waals surface area contributed by atoms with E-state index in [2.05, 4.69) is 5.10 Å². The van der Waals surface area contributed by atoms with Crippen LogP contribution in [0.1, 0.15) is 55.1 Å². The molecule has 1 aliphatic heterocycles. The number of benzene rings is 1. The quantitative estimate of drug-likeness (QED) is 0.378. The summed E-state index contributed by atoms with van der Waals surface area (Å²) in [5.74, 6) is -0.744. The molecule has 2 heterocycles.